The molecule has 2 fully saturated rings. The molecule has 0 unspecified atom stereocenters. The molecule has 1 saturated heterocycles. The number of amides is 4. The van der Waals surface area contributed by atoms with Gasteiger partial charge in [0, 0.05) is 55.6 Å². The minimum Gasteiger partial charge on any atom is -0.368 e. The van der Waals surface area contributed by atoms with Gasteiger partial charge >= 0.3 is 6.03 Å². The number of anilines is 2. The Morgan fingerprint density at radius 1 is 1.03 bits per heavy atom. The molecule has 0 bridgehead atoms. The fraction of sp³-hybridized carbons (Fsp3) is 0.625. The fourth-order valence-electron chi connectivity index (χ4n) is 3.82. The zero-order chi connectivity index (χ0) is 23.3. The van der Waals surface area contributed by atoms with Crippen LogP contribution in [0.15, 0.2) is 24.3 Å². The second kappa shape index (κ2) is 10.2. The van der Waals surface area contributed by atoms with Gasteiger partial charge in [-0.05, 0) is 64.3 Å². The van der Waals surface area contributed by atoms with Gasteiger partial charge in [0.15, 0.2) is 0 Å². The minimum atomic E-state index is -0.243. The molecular weight excluding hydrogens is 406 g/mol. The second-order valence-corrected chi connectivity index (χ2v) is 9.78. The van der Waals surface area contributed by atoms with Gasteiger partial charge in [0.25, 0.3) is 0 Å². The number of piperazine rings is 1. The van der Waals surface area contributed by atoms with Crippen LogP contribution in [-0.2, 0) is 9.59 Å². The molecule has 1 aliphatic carbocycles. The molecule has 8 nitrogen and oxygen atoms in total. The van der Waals surface area contributed by atoms with Crippen LogP contribution in [0.5, 0.6) is 0 Å². The zero-order valence-corrected chi connectivity index (χ0v) is 19.8. The van der Waals surface area contributed by atoms with E-state index in [9.17, 15) is 14.4 Å². The van der Waals surface area contributed by atoms with Gasteiger partial charge in [-0.1, -0.05) is 6.92 Å². The summed E-state index contributed by atoms with van der Waals surface area (Å²) < 4.78 is 0. The van der Waals surface area contributed by atoms with E-state index in [1.54, 1.807) is 4.90 Å². The van der Waals surface area contributed by atoms with E-state index in [0.29, 0.717) is 19.6 Å². The Hall–Kier alpha value is -2.77. The van der Waals surface area contributed by atoms with Gasteiger partial charge in [-0.2, -0.15) is 0 Å². The van der Waals surface area contributed by atoms with E-state index in [2.05, 4.69) is 15.5 Å². The second-order valence-electron chi connectivity index (χ2n) is 9.78. The summed E-state index contributed by atoms with van der Waals surface area (Å²) in [5.74, 6) is 0.0555. The molecular formula is C24H37N5O3. The number of hydrogen-bond donors (Lipinski definition) is 2. The first-order valence-electron chi connectivity index (χ1n) is 11.7. The lowest BCUT2D eigenvalue weighted by atomic mass is 10.1. The molecule has 0 aromatic heterocycles. The van der Waals surface area contributed by atoms with Crippen molar-refractivity contribution < 1.29 is 14.4 Å². The van der Waals surface area contributed by atoms with Gasteiger partial charge in [0.1, 0.15) is 0 Å². The summed E-state index contributed by atoms with van der Waals surface area (Å²) >= 11 is 0. The van der Waals surface area contributed by atoms with Crippen molar-refractivity contribution in [1.29, 1.82) is 0 Å². The lowest BCUT2D eigenvalue weighted by molar-refractivity contribution is -0.135. The Balaban J connectivity index is 1.48. The highest BCUT2D eigenvalue weighted by atomic mass is 16.2. The highest BCUT2D eigenvalue weighted by Gasteiger charge is 2.33. The smallest absolute Gasteiger partial charge is 0.317 e. The van der Waals surface area contributed by atoms with Crippen LogP contribution in [0, 0.1) is 5.92 Å². The summed E-state index contributed by atoms with van der Waals surface area (Å²) in [6.45, 7) is 11.5. The van der Waals surface area contributed by atoms with Gasteiger partial charge in [-0.3, -0.25) is 9.59 Å². The van der Waals surface area contributed by atoms with Crippen LogP contribution in [-0.4, -0.2) is 72.5 Å². The first-order chi connectivity index (χ1) is 15.2. The van der Waals surface area contributed by atoms with E-state index >= 15 is 0 Å². The summed E-state index contributed by atoms with van der Waals surface area (Å²) in [7, 11) is 0. The van der Waals surface area contributed by atoms with Gasteiger partial charge in [0.2, 0.25) is 11.8 Å². The minimum absolute atomic E-state index is 0.0208. The van der Waals surface area contributed by atoms with E-state index in [1.807, 2.05) is 56.9 Å². The normalized spacial score (nSPS) is 16.5. The highest BCUT2D eigenvalue weighted by Crippen LogP contribution is 2.31. The Morgan fingerprint density at radius 2 is 1.66 bits per heavy atom. The lowest BCUT2D eigenvalue weighted by Gasteiger charge is -2.37. The van der Waals surface area contributed by atoms with E-state index < -0.39 is 0 Å². The van der Waals surface area contributed by atoms with Crippen molar-refractivity contribution in [3.8, 4) is 0 Å². The predicted octanol–water partition coefficient (Wildman–Crippen LogP) is 2.90. The molecule has 8 heteroatoms. The molecule has 3 rings (SSSR count). The molecule has 1 aromatic rings. The monoisotopic (exact) mass is 443 g/mol. The topological polar surface area (TPSA) is 85.0 Å². The molecule has 2 N–H and O–H groups in total. The van der Waals surface area contributed by atoms with Crippen LogP contribution >= 0.6 is 0 Å². The van der Waals surface area contributed by atoms with Crippen molar-refractivity contribution in [3.05, 3.63) is 24.3 Å². The standard InChI is InChI=1S/C24H37N5O3/c1-5-12-29(22(31)18-6-7-18)17-21(30)25-19-8-10-20(11-9-19)27-13-15-28(16-14-27)23(32)26-24(2,3)4/h8-11,18H,5-7,12-17H2,1-4H3,(H,25,30)(H,26,32). The maximum atomic E-state index is 12.5. The highest BCUT2D eigenvalue weighted by molar-refractivity contribution is 5.95. The molecule has 32 heavy (non-hydrogen) atoms. The van der Waals surface area contributed by atoms with E-state index in [-0.39, 0.29) is 35.8 Å². The van der Waals surface area contributed by atoms with Crippen molar-refractivity contribution >= 4 is 29.2 Å². The van der Waals surface area contributed by atoms with Crippen LogP contribution in [0.2, 0.25) is 0 Å². The molecule has 1 aromatic carbocycles. The molecule has 1 heterocycles. The quantitative estimate of drug-likeness (QED) is 0.679. The van der Waals surface area contributed by atoms with Crippen molar-refractivity contribution in [2.24, 2.45) is 5.92 Å². The number of carbonyl (C=O) groups excluding carboxylic acids is 3. The molecule has 0 radical (unpaired) electrons. The predicted molar refractivity (Wildman–Crippen MR) is 127 cm³/mol. The summed E-state index contributed by atoms with van der Waals surface area (Å²) in [6, 6.07) is 7.73. The Bertz CT molecular complexity index is 806. The Morgan fingerprint density at radius 3 is 2.19 bits per heavy atom. The third-order valence-corrected chi connectivity index (χ3v) is 5.63. The Kier molecular flexibility index (Phi) is 7.64. The van der Waals surface area contributed by atoms with Gasteiger partial charge in [0.05, 0.1) is 6.54 Å². The molecule has 2 aliphatic rings. The van der Waals surface area contributed by atoms with Crippen molar-refractivity contribution in [2.45, 2.75) is 52.5 Å². The van der Waals surface area contributed by atoms with Crippen LogP contribution in [0.1, 0.15) is 47.0 Å². The molecule has 4 amide bonds. The summed E-state index contributed by atoms with van der Waals surface area (Å²) in [5, 5.41) is 5.92. The van der Waals surface area contributed by atoms with Crippen LogP contribution in [0.3, 0.4) is 0 Å². The van der Waals surface area contributed by atoms with Gasteiger partial charge < -0.3 is 25.3 Å². The van der Waals surface area contributed by atoms with E-state index in [4.69, 9.17) is 0 Å². The van der Waals surface area contributed by atoms with Crippen molar-refractivity contribution in [3.63, 3.8) is 0 Å². The van der Waals surface area contributed by atoms with Crippen LogP contribution < -0.4 is 15.5 Å². The average Bonchev–Trinajstić information content (AvgIpc) is 3.58. The summed E-state index contributed by atoms with van der Waals surface area (Å²) in [6.07, 6.45) is 2.72. The Labute approximate surface area is 191 Å². The number of urea groups is 1. The van der Waals surface area contributed by atoms with Crippen molar-refractivity contribution in [2.75, 3.05) is 49.5 Å². The number of benzene rings is 1. The zero-order valence-electron chi connectivity index (χ0n) is 19.8. The fourth-order valence-corrected chi connectivity index (χ4v) is 3.82. The van der Waals surface area contributed by atoms with Gasteiger partial charge in [-0.25, -0.2) is 4.79 Å². The van der Waals surface area contributed by atoms with E-state index in [1.165, 1.54) is 0 Å². The molecule has 1 aliphatic heterocycles. The number of nitrogens with zero attached hydrogens (tertiary/aromatic N) is 3. The molecule has 0 spiro atoms. The van der Waals surface area contributed by atoms with Crippen molar-refractivity contribution in [1.82, 2.24) is 15.1 Å². The average molecular weight is 444 g/mol. The SMILES string of the molecule is CCCN(CC(=O)Nc1ccc(N2CCN(C(=O)NC(C)(C)C)CC2)cc1)C(=O)C1CC1. The molecule has 0 atom stereocenters. The summed E-state index contributed by atoms with van der Waals surface area (Å²) in [5.41, 5.74) is 1.54. The van der Waals surface area contributed by atoms with Crippen LogP contribution in [0.25, 0.3) is 0 Å². The van der Waals surface area contributed by atoms with Gasteiger partial charge in [-0.15, -0.1) is 0 Å². The number of carbonyl (C=O) groups is 3. The third-order valence-electron chi connectivity index (χ3n) is 5.63. The number of rotatable bonds is 7. The maximum Gasteiger partial charge on any atom is 0.317 e. The van der Waals surface area contributed by atoms with Crippen LogP contribution in [0.4, 0.5) is 16.2 Å². The molecule has 176 valence electrons. The first-order valence-corrected chi connectivity index (χ1v) is 11.7. The van der Waals surface area contributed by atoms with E-state index in [0.717, 1.165) is 43.7 Å². The largest absolute Gasteiger partial charge is 0.368 e. The summed E-state index contributed by atoms with van der Waals surface area (Å²) in [4.78, 5) is 42.9. The lowest BCUT2D eigenvalue weighted by Crippen LogP contribution is -2.55. The number of nitrogens with one attached hydrogen (secondary N) is 2. The first kappa shape index (κ1) is 23.9. The number of hydrogen-bond acceptors (Lipinski definition) is 4. The third kappa shape index (κ3) is 6.87. The maximum absolute atomic E-state index is 12.5. The molecule has 1 saturated carbocycles.